The summed E-state index contributed by atoms with van der Waals surface area (Å²) >= 11 is 0. The lowest BCUT2D eigenvalue weighted by Crippen LogP contribution is -2.04. The first-order chi connectivity index (χ1) is 7.49. The van der Waals surface area contributed by atoms with Gasteiger partial charge in [-0.3, -0.25) is 4.79 Å². The maximum Gasteiger partial charge on any atom is 0.387 e. The van der Waals surface area contributed by atoms with E-state index in [2.05, 4.69) is 4.74 Å². The monoisotopic (exact) mass is 230 g/mol. The van der Waals surface area contributed by atoms with Crippen LogP contribution in [0.25, 0.3) is 0 Å². The predicted octanol–water partition coefficient (Wildman–Crippen LogP) is 2.87. The van der Waals surface area contributed by atoms with Gasteiger partial charge < -0.3 is 9.84 Å². The van der Waals surface area contributed by atoms with E-state index in [1.165, 1.54) is 12.1 Å². The highest BCUT2D eigenvalue weighted by Crippen LogP contribution is 2.22. The molecule has 1 unspecified atom stereocenters. The van der Waals surface area contributed by atoms with Gasteiger partial charge in [-0.25, -0.2) is 0 Å². The first kappa shape index (κ1) is 12.4. The Morgan fingerprint density at radius 3 is 2.38 bits per heavy atom. The molecule has 0 fully saturated rings. The normalized spacial score (nSPS) is 12.5. The first-order valence-corrected chi connectivity index (χ1v) is 4.75. The average Bonchev–Trinajstić information content (AvgIpc) is 2.16. The van der Waals surface area contributed by atoms with E-state index in [0.717, 1.165) is 5.56 Å². The number of ether oxygens (including phenoxy) is 1. The van der Waals surface area contributed by atoms with Gasteiger partial charge in [0, 0.05) is 0 Å². The molecule has 0 spiro atoms. The number of halogens is 2. The van der Waals surface area contributed by atoms with E-state index in [1.807, 2.05) is 0 Å². The standard InChI is InChI=1S/C11H12F2O3/c1-7(6-10(14)15)8-2-4-9(5-3-8)16-11(12)13/h2-5,7,11H,6H2,1H3,(H,14,15). The topological polar surface area (TPSA) is 46.5 Å². The van der Waals surface area contributed by atoms with Gasteiger partial charge in [0.2, 0.25) is 0 Å². The zero-order valence-electron chi connectivity index (χ0n) is 8.69. The van der Waals surface area contributed by atoms with Crippen molar-refractivity contribution in [2.75, 3.05) is 0 Å². The van der Waals surface area contributed by atoms with Gasteiger partial charge in [0.15, 0.2) is 0 Å². The summed E-state index contributed by atoms with van der Waals surface area (Å²) in [5.41, 5.74) is 0.781. The molecule has 0 aliphatic rings. The molecule has 1 aromatic rings. The lowest BCUT2D eigenvalue weighted by atomic mass is 9.98. The summed E-state index contributed by atoms with van der Waals surface area (Å²) in [6, 6.07) is 5.98. The fraction of sp³-hybridized carbons (Fsp3) is 0.364. The number of aliphatic carboxylic acids is 1. The van der Waals surface area contributed by atoms with E-state index < -0.39 is 12.6 Å². The lowest BCUT2D eigenvalue weighted by Gasteiger charge is -2.10. The summed E-state index contributed by atoms with van der Waals surface area (Å²) in [6.45, 7) is -1.08. The van der Waals surface area contributed by atoms with Crippen molar-refractivity contribution < 1.29 is 23.4 Å². The summed E-state index contributed by atoms with van der Waals surface area (Å²) in [4.78, 5) is 10.5. The Hall–Kier alpha value is -1.65. The van der Waals surface area contributed by atoms with Crippen LogP contribution in [0.4, 0.5) is 8.78 Å². The quantitative estimate of drug-likeness (QED) is 0.845. The van der Waals surface area contributed by atoms with Gasteiger partial charge in [0.1, 0.15) is 5.75 Å². The summed E-state index contributed by atoms with van der Waals surface area (Å²) < 4.78 is 27.9. The number of alkyl halides is 2. The van der Waals surface area contributed by atoms with Crippen LogP contribution in [0.5, 0.6) is 5.75 Å². The van der Waals surface area contributed by atoms with Crippen molar-refractivity contribution in [3.8, 4) is 5.75 Å². The van der Waals surface area contributed by atoms with Crippen molar-refractivity contribution in [2.24, 2.45) is 0 Å². The molecule has 0 saturated carbocycles. The molecule has 0 amide bonds. The lowest BCUT2D eigenvalue weighted by molar-refractivity contribution is -0.137. The number of rotatable bonds is 5. The number of carboxylic acids is 1. The van der Waals surface area contributed by atoms with Crippen LogP contribution in [0.2, 0.25) is 0 Å². The average molecular weight is 230 g/mol. The van der Waals surface area contributed by atoms with E-state index in [9.17, 15) is 13.6 Å². The Morgan fingerprint density at radius 2 is 1.94 bits per heavy atom. The molecule has 1 aromatic carbocycles. The molecule has 88 valence electrons. The van der Waals surface area contributed by atoms with E-state index in [-0.39, 0.29) is 18.1 Å². The van der Waals surface area contributed by atoms with Gasteiger partial charge in [0.05, 0.1) is 6.42 Å². The molecule has 1 atom stereocenters. The molecule has 3 nitrogen and oxygen atoms in total. The van der Waals surface area contributed by atoms with Crippen LogP contribution in [0.15, 0.2) is 24.3 Å². The summed E-state index contributed by atoms with van der Waals surface area (Å²) in [5, 5.41) is 8.59. The van der Waals surface area contributed by atoms with Gasteiger partial charge in [-0.15, -0.1) is 0 Å². The zero-order chi connectivity index (χ0) is 12.1. The molecular weight excluding hydrogens is 218 g/mol. The van der Waals surface area contributed by atoms with Gasteiger partial charge >= 0.3 is 12.6 Å². The second-order valence-corrected chi connectivity index (χ2v) is 3.45. The fourth-order valence-corrected chi connectivity index (χ4v) is 1.36. The molecule has 0 saturated heterocycles. The molecule has 0 heterocycles. The molecule has 1 rings (SSSR count). The van der Waals surface area contributed by atoms with Crippen LogP contribution in [0, 0.1) is 0 Å². The molecule has 0 radical (unpaired) electrons. The van der Waals surface area contributed by atoms with Crippen molar-refractivity contribution in [2.45, 2.75) is 25.9 Å². The third kappa shape index (κ3) is 3.84. The van der Waals surface area contributed by atoms with Gasteiger partial charge in [-0.05, 0) is 23.6 Å². The minimum Gasteiger partial charge on any atom is -0.481 e. The van der Waals surface area contributed by atoms with E-state index in [1.54, 1.807) is 19.1 Å². The summed E-state index contributed by atoms with van der Waals surface area (Å²) in [7, 11) is 0. The molecular formula is C11H12F2O3. The third-order valence-electron chi connectivity index (χ3n) is 2.16. The Bertz CT molecular complexity index is 349. The van der Waals surface area contributed by atoms with Gasteiger partial charge in [-0.2, -0.15) is 8.78 Å². The van der Waals surface area contributed by atoms with Crippen molar-refractivity contribution in [3.63, 3.8) is 0 Å². The number of benzene rings is 1. The van der Waals surface area contributed by atoms with Crippen molar-refractivity contribution in [3.05, 3.63) is 29.8 Å². The molecule has 0 aliphatic carbocycles. The Balaban J connectivity index is 2.66. The highest BCUT2D eigenvalue weighted by molar-refractivity contribution is 5.67. The second-order valence-electron chi connectivity index (χ2n) is 3.45. The SMILES string of the molecule is CC(CC(=O)O)c1ccc(OC(F)F)cc1. The van der Waals surface area contributed by atoms with E-state index in [4.69, 9.17) is 5.11 Å². The van der Waals surface area contributed by atoms with Crippen LogP contribution in [0.1, 0.15) is 24.8 Å². The maximum atomic E-state index is 11.9. The minimum absolute atomic E-state index is 0.00898. The van der Waals surface area contributed by atoms with Crippen molar-refractivity contribution in [1.29, 1.82) is 0 Å². The molecule has 16 heavy (non-hydrogen) atoms. The molecule has 0 aromatic heterocycles. The Kier molecular flexibility index (Phi) is 4.22. The number of hydrogen-bond acceptors (Lipinski definition) is 2. The van der Waals surface area contributed by atoms with E-state index in [0.29, 0.717) is 0 Å². The van der Waals surface area contributed by atoms with E-state index >= 15 is 0 Å². The van der Waals surface area contributed by atoms with Crippen molar-refractivity contribution in [1.82, 2.24) is 0 Å². The molecule has 1 N–H and O–H groups in total. The van der Waals surface area contributed by atoms with Crippen molar-refractivity contribution >= 4 is 5.97 Å². The predicted molar refractivity (Wildman–Crippen MR) is 53.7 cm³/mol. The molecule has 0 aliphatic heterocycles. The molecule has 5 heteroatoms. The van der Waals surface area contributed by atoms with Crippen LogP contribution >= 0.6 is 0 Å². The van der Waals surface area contributed by atoms with Gasteiger partial charge in [0.25, 0.3) is 0 Å². The number of carbonyl (C=O) groups is 1. The zero-order valence-corrected chi connectivity index (χ0v) is 8.69. The maximum absolute atomic E-state index is 11.9. The number of hydrogen-bond donors (Lipinski definition) is 1. The Labute approximate surface area is 91.7 Å². The summed E-state index contributed by atoms with van der Waals surface area (Å²) in [6.07, 6.45) is 0.00898. The van der Waals surface area contributed by atoms with Crippen LogP contribution < -0.4 is 4.74 Å². The molecule has 0 bridgehead atoms. The first-order valence-electron chi connectivity index (χ1n) is 4.75. The number of carboxylic acid groups (broad SMARTS) is 1. The fourth-order valence-electron chi connectivity index (χ4n) is 1.36. The van der Waals surface area contributed by atoms with Gasteiger partial charge in [-0.1, -0.05) is 19.1 Å². The van der Waals surface area contributed by atoms with Crippen LogP contribution in [-0.2, 0) is 4.79 Å². The minimum atomic E-state index is -2.85. The van der Waals surface area contributed by atoms with Crippen LogP contribution in [0.3, 0.4) is 0 Å². The highest BCUT2D eigenvalue weighted by Gasteiger charge is 2.10. The highest BCUT2D eigenvalue weighted by atomic mass is 19.3. The van der Waals surface area contributed by atoms with Crippen LogP contribution in [-0.4, -0.2) is 17.7 Å². The second kappa shape index (κ2) is 5.44. The smallest absolute Gasteiger partial charge is 0.387 e. The summed E-state index contributed by atoms with van der Waals surface area (Å²) in [5.74, 6) is -0.972. The third-order valence-corrected chi connectivity index (χ3v) is 2.16. The Morgan fingerprint density at radius 1 is 1.38 bits per heavy atom. The largest absolute Gasteiger partial charge is 0.481 e.